The first-order valence-corrected chi connectivity index (χ1v) is 13.7. The van der Waals surface area contributed by atoms with E-state index in [1.54, 1.807) is 11.4 Å². The Morgan fingerprint density at radius 1 is 1.15 bits per heavy atom. The molecular formula is C25H32N4O4S. The average Bonchev–Trinajstić information content (AvgIpc) is 3.26. The van der Waals surface area contributed by atoms with Gasteiger partial charge in [-0.3, -0.25) is 0 Å². The second-order valence-electron chi connectivity index (χ2n) is 9.14. The van der Waals surface area contributed by atoms with Crippen LogP contribution in [0.25, 0.3) is 22.2 Å². The van der Waals surface area contributed by atoms with Gasteiger partial charge in [0.25, 0.3) is 0 Å². The fourth-order valence-corrected chi connectivity index (χ4v) is 5.92. The fourth-order valence-electron chi connectivity index (χ4n) is 5.04. The lowest BCUT2D eigenvalue weighted by atomic mass is 9.98. The molecule has 34 heavy (non-hydrogen) atoms. The Labute approximate surface area is 201 Å². The molecule has 2 aromatic heterocycles. The number of piperidine rings is 1. The van der Waals surface area contributed by atoms with Crippen LogP contribution in [0.15, 0.2) is 42.6 Å². The van der Waals surface area contributed by atoms with E-state index in [4.69, 9.17) is 14.5 Å². The fraction of sp³-hybridized carbons (Fsp3) is 0.480. The summed E-state index contributed by atoms with van der Waals surface area (Å²) in [4.78, 5) is 7.41. The SMILES string of the molecule is COc1ccccc1-c1cc2c(ccn2CC2CCN([S+](C)(=O)[O-])CC2)c(N2CCOCC2)n1. The van der Waals surface area contributed by atoms with Gasteiger partial charge in [0.2, 0.25) is 0 Å². The van der Waals surface area contributed by atoms with Gasteiger partial charge in [-0.25, -0.2) is 4.98 Å². The lowest BCUT2D eigenvalue weighted by Crippen LogP contribution is -2.41. The van der Waals surface area contributed by atoms with E-state index in [1.165, 1.54) is 6.26 Å². The Balaban J connectivity index is 1.51. The van der Waals surface area contributed by atoms with Gasteiger partial charge in [0.1, 0.15) is 28.2 Å². The van der Waals surface area contributed by atoms with E-state index >= 15 is 0 Å². The highest BCUT2D eigenvalue weighted by Gasteiger charge is 2.29. The maximum atomic E-state index is 11.9. The second kappa shape index (κ2) is 9.65. The van der Waals surface area contributed by atoms with Crippen molar-refractivity contribution in [1.29, 1.82) is 0 Å². The standard InChI is InChI=1S/C25H32N4O4S/c1-32-24-6-4-3-5-20(24)22-17-23-21(25(26-22)27-13-15-33-16-14-27)9-10-28(23)18-19-7-11-29(12-8-19)34(2,30)31/h3-6,9-10,17,19H,7-8,11-16,18H2,1-2H3. The number of fused-ring (bicyclic) bond motifs is 1. The summed E-state index contributed by atoms with van der Waals surface area (Å²) < 4.78 is 38.9. The third-order valence-electron chi connectivity index (χ3n) is 6.94. The minimum atomic E-state index is -3.12. The van der Waals surface area contributed by atoms with Gasteiger partial charge in [0.15, 0.2) is 0 Å². The summed E-state index contributed by atoms with van der Waals surface area (Å²) in [5.41, 5.74) is 3.00. The molecule has 0 radical (unpaired) electrons. The number of ether oxygens (including phenoxy) is 2. The van der Waals surface area contributed by atoms with E-state index < -0.39 is 10.4 Å². The molecule has 182 valence electrons. The van der Waals surface area contributed by atoms with Crippen LogP contribution in [0.4, 0.5) is 5.82 Å². The maximum Gasteiger partial charge on any atom is 0.138 e. The molecular weight excluding hydrogens is 452 g/mol. The molecule has 0 N–H and O–H groups in total. The Bertz CT molecular complexity index is 1190. The lowest BCUT2D eigenvalue weighted by Gasteiger charge is -2.32. The third kappa shape index (κ3) is 4.70. The van der Waals surface area contributed by atoms with E-state index in [0.29, 0.717) is 32.2 Å². The van der Waals surface area contributed by atoms with E-state index in [2.05, 4.69) is 27.8 Å². The number of aromatic nitrogens is 2. The van der Waals surface area contributed by atoms with Gasteiger partial charge in [0.05, 0.1) is 31.5 Å². The first-order chi connectivity index (χ1) is 16.4. The van der Waals surface area contributed by atoms with Crippen molar-refractivity contribution in [3.05, 3.63) is 42.6 Å². The van der Waals surface area contributed by atoms with Crippen molar-refractivity contribution in [3.63, 3.8) is 0 Å². The van der Waals surface area contributed by atoms with Crippen LogP contribution in [0.1, 0.15) is 12.8 Å². The zero-order valence-corrected chi connectivity index (χ0v) is 20.6. The Morgan fingerprint density at radius 3 is 2.59 bits per heavy atom. The van der Waals surface area contributed by atoms with Crippen molar-refractivity contribution in [2.45, 2.75) is 19.4 Å². The smallest absolute Gasteiger partial charge is 0.138 e. The molecule has 2 saturated heterocycles. The monoisotopic (exact) mass is 484 g/mol. The number of hydrogen-bond donors (Lipinski definition) is 0. The highest BCUT2D eigenvalue weighted by molar-refractivity contribution is 7.94. The molecule has 2 aliphatic heterocycles. The largest absolute Gasteiger partial charge is 0.598 e. The molecule has 1 atom stereocenters. The summed E-state index contributed by atoms with van der Waals surface area (Å²) in [6.07, 6.45) is 5.18. The highest BCUT2D eigenvalue weighted by Crippen LogP contribution is 2.35. The third-order valence-corrected chi connectivity index (χ3v) is 8.24. The molecule has 4 heterocycles. The molecule has 1 aromatic carbocycles. The highest BCUT2D eigenvalue weighted by atomic mass is 32.3. The minimum Gasteiger partial charge on any atom is -0.598 e. The number of benzene rings is 1. The van der Waals surface area contributed by atoms with Crippen molar-refractivity contribution in [3.8, 4) is 17.0 Å². The first kappa shape index (κ1) is 23.3. The van der Waals surface area contributed by atoms with E-state index in [1.807, 2.05) is 24.3 Å². The molecule has 1 unspecified atom stereocenters. The number of rotatable bonds is 6. The van der Waals surface area contributed by atoms with Gasteiger partial charge in [-0.05, 0) is 43.0 Å². The van der Waals surface area contributed by atoms with E-state index in [9.17, 15) is 8.76 Å². The summed E-state index contributed by atoms with van der Waals surface area (Å²) in [6.45, 7) is 5.06. The zero-order chi connectivity index (χ0) is 23.7. The summed E-state index contributed by atoms with van der Waals surface area (Å²) in [5, 5.41) is 1.13. The number of pyridine rings is 1. The molecule has 0 amide bonds. The molecule has 2 aliphatic rings. The topological polar surface area (TPSA) is 82.9 Å². The summed E-state index contributed by atoms with van der Waals surface area (Å²) in [7, 11) is -1.43. The van der Waals surface area contributed by atoms with Crippen LogP contribution >= 0.6 is 0 Å². The van der Waals surface area contributed by atoms with Gasteiger partial charge >= 0.3 is 0 Å². The number of anilines is 1. The van der Waals surface area contributed by atoms with E-state index in [-0.39, 0.29) is 0 Å². The van der Waals surface area contributed by atoms with Gasteiger partial charge in [-0.1, -0.05) is 16.3 Å². The maximum absolute atomic E-state index is 11.9. The van der Waals surface area contributed by atoms with Crippen LogP contribution in [-0.2, 0) is 25.9 Å². The predicted octanol–water partition coefficient (Wildman–Crippen LogP) is 3.44. The molecule has 0 bridgehead atoms. The number of methoxy groups -OCH3 is 1. The predicted molar refractivity (Wildman–Crippen MR) is 134 cm³/mol. The molecule has 0 aliphatic carbocycles. The summed E-state index contributed by atoms with van der Waals surface area (Å²) in [6, 6.07) is 12.3. The number of para-hydroxylation sites is 1. The Hall–Kier alpha value is -2.46. The minimum absolute atomic E-state index is 0.434. The summed E-state index contributed by atoms with van der Waals surface area (Å²) in [5.74, 6) is 2.21. The Morgan fingerprint density at radius 2 is 1.88 bits per heavy atom. The van der Waals surface area contributed by atoms with Crippen LogP contribution in [0.5, 0.6) is 5.75 Å². The Kier molecular flexibility index (Phi) is 6.61. The van der Waals surface area contributed by atoms with Gasteiger partial charge < -0.3 is 23.5 Å². The van der Waals surface area contributed by atoms with Crippen molar-refractivity contribution in [2.75, 3.05) is 57.7 Å². The van der Waals surface area contributed by atoms with Crippen LogP contribution in [0, 0.1) is 5.92 Å². The molecule has 3 aromatic rings. The number of nitrogens with zero attached hydrogens (tertiary/aromatic N) is 4. The normalized spacial score (nSPS) is 19.9. The van der Waals surface area contributed by atoms with Crippen LogP contribution in [0.2, 0.25) is 0 Å². The molecule has 2 fully saturated rings. The number of morpholine rings is 1. The number of sulfonamides is 1. The van der Waals surface area contributed by atoms with Crippen LogP contribution in [-0.4, -0.2) is 71.2 Å². The average molecular weight is 485 g/mol. The quantitative estimate of drug-likeness (QED) is 0.499. The molecule has 0 spiro atoms. The first-order valence-electron chi connectivity index (χ1n) is 11.8. The van der Waals surface area contributed by atoms with Gasteiger partial charge in [0, 0.05) is 49.9 Å². The van der Waals surface area contributed by atoms with Gasteiger partial charge in [-0.2, -0.15) is 0 Å². The van der Waals surface area contributed by atoms with Gasteiger partial charge in [-0.15, -0.1) is 4.31 Å². The molecule has 8 nitrogen and oxygen atoms in total. The van der Waals surface area contributed by atoms with E-state index in [0.717, 1.165) is 66.2 Å². The summed E-state index contributed by atoms with van der Waals surface area (Å²) >= 11 is 0. The van der Waals surface area contributed by atoms with Crippen LogP contribution in [0.3, 0.4) is 0 Å². The molecule has 9 heteroatoms. The second-order valence-corrected chi connectivity index (χ2v) is 11.1. The van der Waals surface area contributed by atoms with Crippen molar-refractivity contribution in [1.82, 2.24) is 13.9 Å². The van der Waals surface area contributed by atoms with Crippen molar-refractivity contribution >= 4 is 27.1 Å². The van der Waals surface area contributed by atoms with Crippen molar-refractivity contribution < 1.29 is 18.2 Å². The zero-order valence-electron chi connectivity index (χ0n) is 19.8. The molecule has 0 saturated carbocycles. The lowest BCUT2D eigenvalue weighted by molar-refractivity contribution is 0.122. The van der Waals surface area contributed by atoms with Crippen molar-refractivity contribution in [2.24, 2.45) is 5.92 Å². The molecule has 5 rings (SSSR count). The number of hydrogen-bond acceptors (Lipinski definition) is 6. The van der Waals surface area contributed by atoms with Crippen LogP contribution < -0.4 is 9.64 Å².